The predicted molar refractivity (Wildman–Crippen MR) is 78.0 cm³/mol. The number of β-amino-alcohol motifs (C(OH)–C–C–N with tert-alkyl or cyclic N) is 1. The Kier molecular flexibility index (Phi) is 5.19. The summed E-state index contributed by atoms with van der Waals surface area (Å²) in [6.45, 7) is 0.223. The molecule has 0 radical (unpaired) electrons. The van der Waals surface area contributed by atoms with Crippen LogP contribution < -0.4 is 4.74 Å². The highest BCUT2D eigenvalue weighted by Gasteiger charge is 2.38. The van der Waals surface area contributed by atoms with Crippen molar-refractivity contribution in [2.45, 2.75) is 25.0 Å². The lowest BCUT2D eigenvalue weighted by atomic mass is 10.2. The molecule has 0 bridgehead atoms. The maximum absolute atomic E-state index is 12.0. The van der Waals surface area contributed by atoms with Gasteiger partial charge in [-0.2, -0.15) is 0 Å². The number of benzene rings is 1. The second-order valence-electron chi connectivity index (χ2n) is 4.85. The average Bonchev–Trinajstić information content (AvgIpc) is 2.81. The minimum absolute atomic E-state index is 0.0622. The van der Waals surface area contributed by atoms with Crippen molar-refractivity contribution in [2.24, 2.45) is 0 Å². The molecule has 1 saturated heterocycles. The van der Waals surface area contributed by atoms with Crippen LogP contribution in [-0.2, 0) is 9.59 Å². The molecule has 1 amide bonds. The lowest BCUT2D eigenvalue weighted by Gasteiger charge is -2.21. The van der Waals surface area contributed by atoms with Gasteiger partial charge in [0.2, 0.25) is 5.91 Å². The van der Waals surface area contributed by atoms with Crippen LogP contribution in [0.3, 0.4) is 0 Å². The van der Waals surface area contributed by atoms with Gasteiger partial charge in [-0.25, -0.2) is 4.79 Å². The van der Waals surface area contributed by atoms with Crippen LogP contribution in [0.1, 0.15) is 12.8 Å². The van der Waals surface area contributed by atoms with E-state index >= 15 is 0 Å². The van der Waals surface area contributed by atoms with Gasteiger partial charge < -0.3 is 19.8 Å². The Morgan fingerprint density at radius 1 is 1.43 bits per heavy atom. The summed E-state index contributed by atoms with van der Waals surface area (Å²) in [6.07, 6.45) is -0.627. The molecule has 2 unspecified atom stereocenters. The zero-order valence-electron chi connectivity index (χ0n) is 11.2. The van der Waals surface area contributed by atoms with Crippen molar-refractivity contribution in [3.63, 3.8) is 0 Å². The number of carboxylic acids is 1. The fraction of sp³-hybridized carbons (Fsp3) is 0.429. The van der Waals surface area contributed by atoms with E-state index in [-0.39, 0.29) is 31.9 Å². The van der Waals surface area contributed by atoms with Crippen LogP contribution in [0.2, 0.25) is 0 Å². The van der Waals surface area contributed by atoms with Crippen molar-refractivity contribution < 1.29 is 24.5 Å². The maximum atomic E-state index is 12.0. The highest BCUT2D eigenvalue weighted by Crippen LogP contribution is 2.20. The van der Waals surface area contributed by atoms with Gasteiger partial charge in [0.25, 0.3) is 0 Å². The second kappa shape index (κ2) is 6.91. The summed E-state index contributed by atoms with van der Waals surface area (Å²) in [4.78, 5) is 24.3. The number of aliphatic hydroxyl groups is 1. The molecule has 2 atom stereocenters. The molecule has 2 rings (SSSR count). The summed E-state index contributed by atoms with van der Waals surface area (Å²) in [7, 11) is 0. The van der Waals surface area contributed by atoms with E-state index in [1.54, 1.807) is 12.1 Å². The zero-order valence-corrected chi connectivity index (χ0v) is 12.8. The van der Waals surface area contributed by atoms with E-state index in [1.165, 1.54) is 4.90 Å². The molecule has 2 N–H and O–H groups in total. The Labute approximate surface area is 130 Å². The minimum atomic E-state index is -1.09. The third-order valence-electron chi connectivity index (χ3n) is 3.27. The summed E-state index contributed by atoms with van der Waals surface area (Å²) in [5, 5.41) is 18.6. The SMILES string of the molecule is O=C(O)C1CC(O)CN1C(=O)CCOc1cccc(Br)c1. The molecule has 1 fully saturated rings. The number of halogens is 1. The molecule has 7 heteroatoms. The molecule has 0 aromatic heterocycles. The molecule has 0 spiro atoms. The van der Waals surface area contributed by atoms with E-state index < -0.39 is 18.1 Å². The number of ether oxygens (including phenoxy) is 1. The van der Waals surface area contributed by atoms with Crippen molar-refractivity contribution in [3.05, 3.63) is 28.7 Å². The van der Waals surface area contributed by atoms with Gasteiger partial charge in [0.05, 0.1) is 19.1 Å². The second-order valence-corrected chi connectivity index (χ2v) is 5.76. The normalized spacial score (nSPS) is 21.3. The summed E-state index contributed by atoms with van der Waals surface area (Å²) in [5.74, 6) is -0.782. The first-order chi connectivity index (χ1) is 9.97. The number of nitrogens with zero attached hydrogens (tertiary/aromatic N) is 1. The van der Waals surface area contributed by atoms with Gasteiger partial charge in [-0.3, -0.25) is 4.79 Å². The van der Waals surface area contributed by atoms with Crippen molar-refractivity contribution in [3.8, 4) is 5.75 Å². The van der Waals surface area contributed by atoms with Gasteiger partial charge in [-0.1, -0.05) is 22.0 Å². The number of aliphatic carboxylic acids is 1. The fourth-order valence-electron chi connectivity index (χ4n) is 2.28. The number of carbonyl (C=O) groups excluding carboxylic acids is 1. The van der Waals surface area contributed by atoms with E-state index in [1.807, 2.05) is 12.1 Å². The predicted octanol–water partition coefficient (Wildman–Crippen LogP) is 1.26. The summed E-state index contributed by atoms with van der Waals surface area (Å²) < 4.78 is 6.33. The molecular weight excluding hydrogens is 342 g/mol. The Morgan fingerprint density at radius 2 is 2.19 bits per heavy atom. The molecule has 21 heavy (non-hydrogen) atoms. The number of carboxylic acid groups (broad SMARTS) is 1. The lowest BCUT2D eigenvalue weighted by Crippen LogP contribution is -2.41. The zero-order chi connectivity index (χ0) is 15.4. The van der Waals surface area contributed by atoms with Gasteiger partial charge in [0, 0.05) is 17.4 Å². The first-order valence-corrected chi connectivity index (χ1v) is 7.35. The number of amides is 1. The molecular formula is C14H16BrNO5. The highest BCUT2D eigenvalue weighted by atomic mass is 79.9. The van der Waals surface area contributed by atoms with E-state index in [4.69, 9.17) is 9.84 Å². The van der Waals surface area contributed by atoms with E-state index in [0.717, 1.165) is 4.47 Å². The van der Waals surface area contributed by atoms with Crippen LogP contribution >= 0.6 is 15.9 Å². The fourth-order valence-corrected chi connectivity index (χ4v) is 2.66. The molecule has 0 aliphatic carbocycles. The Bertz CT molecular complexity index is 536. The van der Waals surface area contributed by atoms with Crippen LogP contribution in [0.4, 0.5) is 0 Å². The number of likely N-dealkylation sites (tertiary alicyclic amines) is 1. The van der Waals surface area contributed by atoms with Gasteiger partial charge >= 0.3 is 5.97 Å². The Balaban J connectivity index is 1.85. The largest absolute Gasteiger partial charge is 0.493 e. The molecule has 1 aliphatic rings. The number of hydrogen-bond acceptors (Lipinski definition) is 4. The number of aliphatic hydroxyl groups excluding tert-OH is 1. The average molecular weight is 358 g/mol. The maximum Gasteiger partial charge on any atom is 0.326 e. The standard InChI is InChI=1S/C14H16BrNO5/c15-9-2-1-3-11(6-9)21-5-4-13(18)16-8-10(17)7-12(16)14(19)20/h1-3,6,10,12,17H,4-5,7-8H2,(H,19,20). The Morgan fingerprint density at radius 3 is 2.86 bits per heavy atom. The van der Waals surface area contributed by atoms with Crippen LogP contribution in [0.25, 0.3) is 0 Å². The topological polar surface area (TPSA) is 87.1 Å². The number of hydrogen-bond donors (Lipinski definition) is 2. The molecule has 0 saturated carbocycles. The van der Waals surface area contributed by atoms with E-state index in [9.17, 15) is 14.7 Å². The molecule has 1 aromatic carbocycles. The van der Waals surface area contributed by atoms with Gasteiger partial charge in [-0.15, -0.1) is 0 Å². The van der Waals surface area contributed by atoms with Crippen LogP contribution in [-0.4, -0.2) is 52.3 Å². The lowest BCUT2D eigenvalue weighted by molar-refractivity contribution is -0.148. The molecule has 1 aromatic rings. The smallest absolute Gasteiger partial charge is 0.326 e. The first kappa shape index (κ1) is 15.8. The van der Waals surface area contributed by atoms with Crippen molar-refractivity contribution in [1.82, 2.24) is 4.90 Å². The van der Waals surface area contributed by atoms with Crippen LogP contribution in [0.5, 0.6) is 5.75 Å². The molecule has 1 aliphatic heterocycles. The molecule has 114 valence electrons. The quantitative estimate of drug-likeness (QED) is 0.828. The summed E-state index contributed by atoms with van der Waals surface area (Å²) in [5.41, 5.74) is 0. The Hall–Kier alpha value is -1.60. The summed E-state index contributed by atoms with van der Waals surface area (Å²) in [6, 6.07) is 6.29. The highest BCUT2D eigenvalue weighted by molar-refractivity contribution is 9.10. The van der Waals surface area contributed by atoms with E-state index in [2.05, 4.69) is 15.9 Å². The van der Waals surface area contributed by atoms with Gasteiger partial charge in [0.15, 0.2) is 0 Å². The summed E-state index contributed by atoms with van der Waals surface area (Å²) >= 11 is 3.32. The van der Waals surface area contributed by atoms with Crippen molar-refractivity contribution in [2.75, 3.05) is 13.2 Å². The van der Waals surface area contributed by atoms with Crippen LogP contribution in [0.15, 0.2) is 28.7 Å². The van der Waals surface area contributed by atoms with Gasteiger partial charge in [-0.05, 0) is 18.2 Å². The first-order valence-electron chi connectivity index (χ1n) is 6.56. The minimum Gasteiger partial charge on any atom is -0.493 e. The molecule has 6 nitrogen and oxygen atoms in total. The van der Waals surface area contributed by atoms with Crippen LogP contribution in [0, 0.1) is 0 Å². The monoisotopic (exact) mass is 357 g/mol. The molecule has 1 heterocycles. The van der Waals surface area contributed by atoms with Crippen molar-refractivity contribution >= 4 is 27.8 Å². The van der Waals surface area contributed by atoms with E-state index in [0.29, 0.717) is 5.75 Å². The third kappa shape index (κ3) is 4.18. The number of carbonyl (C=O) groups is 2. The third-order valence-corrected chi connectivity index (χ3v) is 3.76. The van der Waals surface area contributed by atoms with Gasteiger partial charge in [0.1, 0.15) is 11.8 Å². The number of rotatable bonds is 5. The van der Waals surface area contributed by atoms with Crippen molar-refractivity contribution in [1.29, 1.82) is 0 Å².